The van der Waals surface area contributed by atoms with Gasteiger partial charge < -0.3 is 24.7 Å². The molecule has 0 aromatic heterocycles. The molecule has 0 fully saturated rings. The first-order valence-electron chi connectivity index (χ1n) is 7.65. The molecule has 7 heteroatoms. The highest BCUT2D eigenvalue weighted by Crippen LogP contribution is 2.44. The van der Waals surface area contributed by atoms with Crippen molar-refractivity contribution in [2.75, 3.05) is 20.8 Å². The van der Waals surface area contributed by atoms with Gasteiger partial charge in [-0.1, -0.05) is 0 Å². The van der Waals surface area contributed by atoms with E-state index < -0.39 is 11.9 Å². The average molecular weight is 344 g/mol. The third-order valence-corrected chi connectivity index (χ3v) is 3.85. The van der Waals surface area contributed by atoms with Crippen LogP contribution in [0.25, 0.3) is 0 Å². The summed E-state index contributed by atoms with van der Waals surface area (Å²) in [6, 6.07) is 7.16. The van der Waals surface area contributed by atoms with Crippen LogP contribution in [-0.2, 0) is 14.3 Å². The van der Waals surface area contributed by atoms with Crippen LogP contribution in [0.5, 0.6) is 11.5 Å². The molecule has 25 heavy (non-hydrogen) atoms. The van der Waals surface area contributed by atoms with Crippen LogP contribution < -0.4 is 15.2 Å². The van der Waals surface area contributed by atoms with Crippen molar-refractivity contribution >= 4 is 5.97 Å². The zero-order valence-corrected chi connectivity index (χ0v) is 14.6. The lowest BCUT2D eigenvalue weighted by Gasteiger charge is -2.28. The van der Waals surface area contributed by atoms with E-state index in [0.29, 0.717) is 17.1 Å². The van der Waals surface area contributed by atoms with Crippen molar-refractivity contribution in [1.29, 1.82) is 5.26 Å². The fourth-order valence-corrected chi connectivity index (χ4v) is 2.73. The molecule has 0 spiro atoms. The van der Waals surface area contributed by atoms with Gasteiger partial charge in [-0.3, -0.25) is 0 Å². The van der Waals surface area contributed by atoms with Gasteiger partial charge in [-0.05, 0) is 32.0 Å². The molecule has 0 saturated carbocycles. The number of methoxy groups -OCH3 is 2. The van der Waals surface area contributed by atoms with Crippen molar-refractivity contribution in [3.8, 4) is 17.6 Å². The first kappa shape index (κ1) is 18.2. The van der Waals surface area contributed by atoms with Crippen molar-refractivity contribution in [1.82, 2.24) is 0 Å². The van der Waals surface area contributed by atoms with Crippen molar-refractivity contribution in [3.63, 3.8) is 0 Å². The van der Waals surface area contributed by atoms with Crippen LogP contribution in [0.15, 0.2) is 41.0 Å². The lowest BCUT2D eigenvalue weighted by molar-refractivity contribution is -0.139. The molecule has 1 aromatic carbocycles. The van der Waals surface area contributed by atoms with E-state index in [9.17, 15) is 10.1 Å². The van der Waals surface area contributed by atoms with Crippen molar-refractivity contribution in [2.24, 2.45) is 5.73 Å². The van der Waals surface area contributed by atoms with Crippen LogP contribution in [0, 0.1) is 11.3 Å². The van der Waals surface area contributed by atoms with E-state index in [2.05, 4.69) is 0 Å². The van der Waals surface area contributed by atoms with E-state index in [1.165, 1.54) is 14.2 Å². The van der Waals surface area contributed by atoms with Gasteiger partial charge >= 0.3 is 5.97 Å². The Morgan fingerprint density at radius 2 is 2.08 bits per heavy atom. The molecule has 0 aliphatic carbocycles. The largest absolute Gasteiger partial charge is 0.497 e. The molecule has 132 valence electrons. The topological polar surface area (TPSA) is 104 Å². The average Bonchev–Trinajstić information content (AvgIpc) is 2.60. The van der Waals surface area contributed by atoms with E-state index in [0.717, 1.165) is 0 Å². The lowest BCUT2D eigenvalue weighted by Crippen LogP contribution is -2.25. The highest BCUT2D eigenvalue weighted by molar-refractivity contribution is 5.92. The quantitative estimate of drug-likeness (QED) is 0.818. The molecule has 1 aromatic rings. The zero-order valence-electron chi connectivity index (χ0n) is 14.6. The Labute approximate surface area is 146 Å². The van der Waals surface area contributed by atoms with Gasteiger partial charge in [-0.2, -0.15) is 5.26 Å². The molecule has 2 rings (SSSR count). The zero-order chi connectivity index (χ0) is 18.6. The maximum Gasteiger partial charge on any atom is 0.338 e. The first-order valence-corrected chi connectivity index (χ1v) is 7.65. The number of nitriles is 1. The molecule has 2 N–H and O–H groups in total. The third kappa shape index (κ3) is 3.38. The summed E-state index contributed by atoms with van der Waals surface area (Å²) in [7, 11) is 3.03. The van der Waals surface area contributed by atoms with Crippen LogP contribution in [0.3, 0.4) is 0 Å². The van der Waals surface area contributed by atoms with E-state index in [1.807, 2.05) is 6.07 Å². The normalized spacial score (nSPS) is 16.8. The minimum Gasteiger partial charge on any atom is -0.497 e. The molecule has 1 aliphatic rings. The summed E-state index contributed by atoms with van der Waals surface area (Å²) >= 11 is 0. The van der Waals surface area contributed by atoms with Gasteiger partial charge in [0.05, 0.1) is 32.3 Å². The van der Waals surface area contributed by atoms with Crippen molar-refractivity contribution < 1.29 is 23.7 Å². The standard InChI is InChI=1S/C18H20N2O5/c1-5-24-18(21)15-10(2)25-17(20)13(9-19)16(15)12-8-11(22-3)6-7-14(12)23-4/h6-8,16H,5,20H2,1-4H3/t16-/m0/s1. The highest BCUT2D eigenvalue weighted by Gasteiger charge is 2.38. The van der Waals surface area contributed by atoms with Crippen LogP contribution >= 0.6 is 0 Å². The number of rotatable bonds is 5. The fourth-order valence-electron chi connectivity index (χ4n) is 2.73. The van der Waals surface area contributed by atoms with Crippen molar-refractivity contribution in [3.05, 3.63) is 46.6 Å². The number of allylic oxidation sites excluding steroid dienone is 2. The van der Waals surface area contributed by atoms with E-state index >= 15 is 0 Å². The number of nitrogens with zero attached hydrogens (tertiary/aromatic N) is 1. The maximum absolute atomic E-state index is 12.5. The molecule has 1 heterocycles. The van der Waals surface area contributed by atoms with Crippen LogP contribution in [0.2, 0.25) is 0 Å². The van der Waals surface area contributed by atoms with Crippen molar-refractivity contribution in [2.45, 2.75) is 19.8 Å². The van der Waals surface area contributed by atoms with E-state index in [1.54, 1.807) is 32.0 Å². The summed E-state index contributed by atoms with van der Waals surface area (Å²) in [5.74, 6) is -0.0763. The van der Waals surface area contributed by atoms with Gasteiger partial charge in [-0.25, -0.2) is 4.79 Å². The van der Waals surface area contributed by atoms with Gasteiger partial charge in [0.15, 0.2) is 0 Å². The SMILES string of the molecule is CCOC(=O)C1=C(C)OC(N)=C(C#N)[C@@H]1c1cc(OC)ccc1OC. The molecule has 7 nitrogen and oxygen atoms in total. The molecular formula is C18H20N2O5. The Morgan fingerprint density at radius 3 is 2.64 bits per heavy atom. The molecule has 1 atom stereocenters. The number of benzene rings is 1. The number of hydrogen-bond acceptors (Lipinski definition) is 7. The maximum atomic E-state index is 12.5. The molecule has 0 bridgehead atoms. The minimum atomic E-state index is -0.775. The van der Waals surface area contributed by atoms with Gasteiger partial charge in [0.1, 0.15) is 28.9 Å². The Hall–Kier alpha value is -3.14. The Bertz CT molecular complexity index is 789. The second-order valence-corrected chi connectivity index (χ2v) is 5.22. The lowest BCUT2D eigenvalue weighted by atomic mass is 9.82. The summed E-state index contributed by atoms with van der Waals surface area (Å²) in [6.45, 7) is 3.50. The second-order valence-electron chi connectivity index (χ2n) is 5.22. The number of hydrogen-bond donors (Lipinski definition) is 1. The van der Waals surface area contributed by atoms with Gasteiger partial charge in [-0.15, -0.1) is 0 Å². The fraction of sp³-hybridized carbons (Fsp3) is 0.333. The summed E-state index contributed by atoms with van der Waals surface area (Å²) in [6.07, 6.45) is 0. The summed E-state index contributed by atoms with van der Waals surface area (Å²) in [4.78, 5) is 12.5. The summed E-state index contributed by atoms with van der Waals surface area (Å²) in [5.41, 5.74) is 6.76. The van der Waals surface area contributed by atoms with Gasteiger partial charge in [0, 0.05) is 5.56 Å². The molecule has 0 saturated heterocycles. The number of carbonyl (C=O) groups is 1. The number of carbonyl (C=O) groups excluding carboxylic acids is 1. The Morgan fingerprint density at radius 1 is 1.36 bits per heavy atom. The Balaban J connectivity index is 2.73. The number of nitrogens with two attached hydrogens (primary N) is 1. The monoisotopic (exact) mass is 344 g/mol. The van der Waals surface area contributed by atoms with E-state index in [4.69, 9.17) is 24.7 Å². The smallest absolute Gasteiger partial charge is 0.338 e. The highest BCUT2D eigenvalue weighted by atomic mass is 16.5. The first-order chi connectivity index (χ1) is 12.0. The minimum absolute atomic E-state index is 0.0529. The molecular weight excluding hydrogens is 324 g/mol. The number of esters is 1. The predicted molar refractivity (Wildman–Crippen MR) is 89.5 cm³/mol. The predicted octanol–water partition coefficient (Wildman–Crippen LogP) is 2.35. The molecule has 0 unspecified atom stereocenters. The van der Waals surface area contributed by atoms with Crippen LogP contribution in [0.1, 0.15) is 25.3 Å². The molecule has 1 aliphatic heterocycles. The number of ether oxygens (including phenoxy) is 4. The summed E-state index contributed by atoms with van der Waals surface area (Å²) in [5, 5.41) is 9.58. The van der Waals surface area contributed by atoms with E-state index in [-0.39, 0.29) is 29.4 Å². The summed E-state index contributed by atoms with van der Waals surface area (Å²) < 4.78 is 21.2. The van der Waals surface area contributed by atoms with Gasteiger partial charge in [0.25, 0.3) is 0 Å². The third-order valence-electron chi connectivity index (χ3n) is 3.85. The Kier molecular flexibility index (Phi) is 5.55. The van der Waals surface area contributed by atoms with Crippen LogP contribution in [0.4, 0.5) is 0 Å². The van der Waals surface area contributed by atoms with Crippen LogP contribution in [-0.4, -0.2) is 26.8 Å². The molecule has 0 amide bonds. The molecule has 0 radical (unpaired) electrons. The second kappa shape index (κ2) is 7.62. The van der Waals surface area contributed by atoms with Gasteiger partial charge in [0.2, 0.25) is 5.88 Å².